The van der Waals surface area contributed by atoms with Crippen molar-refractivity contribution in [2.24, 2.45) is 0 Å². The highest BCUT2D eigenvalue weighted by Crippen LogP contribution is 2.19. The molecule has 0 fully saturated rings. The quantitative estimate of drug-likeness (QED) is 0.799. The Morgan fingerprint density at radius 2 is 1.78 bits per heavy atom. The van der Waals surface area contributed by atoms with Gasteiger partial charge in [-0.15, -0.1) is 0 Å². The van der Waals surface area contributed by atoms with E-state index < -0.39 is 0 Å². The lowest BCUT2D eigenvalue weighted by molar-refractivity contribution is -0.682. The second-order valence-corrected chi connectivity index (χ2v) is 5.84. The van der Waals surface area contributed by atoms with Crippen molar-refractivity contribution in [3.05, 3.63) is 64.7 Å². The van der Waals surface area contributed by atoms with Gasteiger partial charge in [-0.1, -0.05) is 29.8 Å². The maximum absolute atomic E-state index is 12.0. The van der Waals surface area contributed by atoms with E-state index >= 15 is 0 Å². The molecule has 0 aliphatic carbocycles. The number of nitrogens with two attached hydrogens (primary N) is 1. The number of rotatable bonds is 6. The number of hydrogen-bond acceptors (Lipinski definition) is 2. The van der Waals surface area contributed by atoms with Crippen LogP contribution in [-0.4, -0.2) is 18.2 Å². The fraction of sp³-hybridized carbons (Fsp3) is 0.222. The van der Waals surface area contributed by atoms with Crippen molar-refractivity contribution in [3.63, 3.8) is 0 Å². The van der Waals surface area contributed by atoms with Crippen LogP contribution in [0, 0.1) is 0 Å². The van der Waals surface area contributed by atoms with Gasteiger partial charge >= 0.3 is 0 Å². The van der Waals surface area contributed by atoms with Crippen molar-refractivity contribution in [1.29, 1.82) is 0 Å². The molecule has 0 aliphatic heterocycles. The molecule has 0 unspecified atom stereocenters. The summed E-state index contributed by atoms with van der Waals surface area (Å²) in [7, 11) is 0. The van der Waals surface area contributed by atoms with Gasteiger partial charge < -0.3 is 10.6 Å². The third-order valence-electron chi connectivity index (χ3n) is 3.63. The van der Waals surface area contributed by atoms with Crippen molar-refractivity contribution < 1.29 is 14.9 Å². The molecular weight excluding hydrogens is 312 g/mol. The van der Waals surface area contributed by atoms with E-state index in [0.29, 0.717) is 22.8 Å². The fourth-order valence-electron chi connectivity index (χ4n) is 2.26. The van der Waals surface area contributed by atoms with E-state index in [-0.39, 0.29) is 17.7 Å². The molecule has 0 saturated carbocycles. The number of hydrogen-bond donors (Lipinski definition) is 2. The Balaban J connectivity index is 1.87. The standard InChI is InChI=1S/C18H19ClN2O2/c1-12(16-5-3-4-6-17(16)19)20-11-18(23)21-15-9-7-14(8-10-15)13(2)22/h3-10,12,20H,11H2,1-2H3,(H,21,23)/p+1/t12-/m1/s1. The summed E-state index contributed by atoms with van der Waals surface area (Å²) in [5, 5.41) is 5.45. The largest absolute Gasteiger partial charge is 0.332 e. The van der Waals surface area contributed by atoms with Gasteiger partial charge in [-0.05, 0) is 44.2 Å². The van der Waals surface area contributed by atoms with Crippen LogP contribution in [0.4, 0.5) is 5.69 Å². The summed E-state index contributed by atoms with van der Waals surface area (Å²) in [4.78, 5) is 23.2. The second-order valence-electron chi connectivity index (χ2n) is 5.43. The van der Waals surface area contributed by atoms with Crippen molar-refractivity contribution in [2.45, 2.75) is 19.9 Å². The summed E-state index contributed by atoms with van der Waals surface area (Å²) in [6.45, 7) is 3.82. The van der Waals surface area contributed by atoms with Crippen LogP contribution < -0.4 is 10.6 Å². The highest BCUT2D eigenvalue weighted by atomic mass is 35.5. The molecule has 2 aromatic carbocycles. The molecule has 120 valence electrons. The first-order chi connectivity index (χ1) is 11.0. The minimum absolute atomic E-state index is 0.00442. The first-order valence-electron chi connectivity index (χ1n) is 7.46. The molecule has 1 atom stereocenters. The van der Waals surface area contributed by atoms with E-state index in [9.17, 15) is 9.59 Å². The predicted octanol–water partition coefficient (Wildman–Crippen LogP) is 2.81. The van der Waals surface area contributed by atoms with E-state index in [2.05, 4.69) is 5.32 Å². The van der Waals surface area contributed by atoms with E-state index in [0.717, 1.165) is 5.56 Å². The van der Waals surface area contributed by atoms with Crippen LogP contribution in [0.5, 0.6) is 0 Å². The second kappa shape index (κ2) is 7.90. The Kier molecular flexibility index (Phi) is 5.90. The molecule has 0 heterocycles. The van der Waals surface area contributed by atoms with Gasteiger partial charge in [0.1, 0.15) is 6.04 Å². The van der Waals surface area contributed by atoms with Crippen molar-refractivity contribution in [3.8, 4) is 0 Å². The average molecular weight is 332 g/mol. The predicted molar refractivity (Wildman–Crippen MR) is 91.7 cm³/mol. The number of ketones is 1. The Morgan fingerprint density at radius 1 is 1.13 bits per heavy atom. The average Bonchev–Trinajstić information content (AvgIpc) is 2.53. The zero-order chi connectivity index (χ0) is 16.8. The van der Waals surface area contributed by atoms with Gasteiger partial charge in [-0.25, -0.2) is 0 Å². The first kappa shape index (κ1) is 17.2. The summed E-state index contributed by atoms with van der Waals surface area (Å²) in [5.74, 6) is -0.0933. The lowest BCUT2D eigenvalue weighted by atomic mass is 10.1. The molecule has 0 aromatic heterocycles. The minimum atomic E-state index is -0.0977. The molecule has 5 heteroatoms. The van der Waals surface area contributed by atoms with E-state index in [4.69, 9.17) is 11.6 Å². The maximum atomic E-state index is 12.0. The molecular formula is C18H20ClN2O2+. The van der Waals surface area contributed by atoms with Crippen LogP contribution in [0.2, 0.25) is 5.02 Å². The summed E-state index contributed by atoms with van der Waals surface area (Å²) < 4.78 is 0. The Hall–Kier alpha value is -2.17. The van der Waals surface area contributed by atoms with Crippen LogP contribution in [0.3, 0.4) is 0 Å². The summed E-state index contributed by atoms with van der Waals surface area (Å²) in [6.07, 6.45) is 0. The maximum Gasteiger partial charge on any atom is 0.279 e. The van der Waals surface area contributed by atoms with Crippen molar-refractivity contribution >= 4 is 29.0 Å². The number of carbonyl (C=O) groups is 2. The third kappa shape index (κ3) is 4.91. The highest BCUT2D eigenvalue weighted by Gasteiger charge is 2.14. The molecule has 0 bridgehead atoms. The lowest BCUT2D eigenvalue weighted by Crippen LogP contribution is -2.86. The molecule has 3 N–H and O–H groups in total. The smallest absolute Gasteiger partial charge is 0.279 e. The Bertz CT molecular complexity index is 698. The van der Waals surface area contributed by atoms with Crippen molar-refractivity contribution in [1.82, 2.24) is 0 Å². The van der Waals surface area contributed by atoms with Gasteiger partial charge in [0.15, 0.2) is 12.3 Å². The molecule has 1 amide bonds. The monoisotopic (exact) mass is 331 g/mol. The molecule has 2 rings (SSSR count). The highest BCUT2D eigenvalue weighted by molar-refractivity contribution is 6.31. The van der Waals surface area contributed by atoms with Gasteiger partial charge in [0, 0.05) is 21.8 Å². The molecule has 2 aromatic rings. The van der Waals surface area contributed by atoms with Gasteiger partial charge in [0.25, 0.3) is 5.91 Å². The van der Waals surface area contributed by atoms with E-state index in [1.807, 2.05) is 36.5 Å². The fourth-order valence-corrected chi connectivity index (χ4v) is 2.56. The van der Waals surface area contributed by atoms with Crippen LogP contribution in [0.1, 0.15) is 35.8 Å². The minimum Gasteiger partial charge on any atom is -0.332 e. The molecule has 0 radical (unpaired) electrons. The zero-order valence-electron chi connectivity index (χ0n) is 13.2. The zero-order valence-corrected chi connectivity index (χ0v) is 13.9. The number of carbonyl (C=O) groups excluding carboxylic acids is 2. The van der Waals surface area contributed by atoms with Gasteiger partial charge in [0.05, 0.1) is 0 Å². The number of benzene rings is 2. The Morgan fingerprint density at radius 3 is 2.39 bits per heavy atom. The van der Waals surface area contributed by atoms with Crippen LogP contribution in [-0.2, 0) is 4.79 Å². The third-order valence-corrected chi connectivity index (χ3v) is 3.97. The summed E-state index contributed by atoms with van der Waals surface area (Å²) >= 11 is 6.16. The van der Waals surface area contributed by atoms with Crippen LogP contribution >= 0.6 is 11.6 Å². The lowest BCUT2D eigenvalue weighted by Gasteiger charge is -2.12. The number of quaternary nitrogens is 1. The SMILES string of the molecule is CC(=O)c1ccc(NC(=O)C[NH2+][C@H](C)c2ccccc2Cl)cc1. The normalized spacial score (nSPS) is 11.8. The summed E-state index contributed by atoms with van der Waals surface area (Å²) in [5.41, 5.74) is 2.31. The molecule has 0 spiro atoms. The summed E-state index contributed by atoms with van der Waals surface area (Å²) in [6, 6.07) is 14.6. The first-order valence-corrected chi connectivity index (χ1v) is 7.84. The van der Waals surface area contributed by atoms with Gasteiger partial charge in [-0.3, -0.25) is 9.59 Å². The van der Waals surface area contributed by atoms with E-state index in [1.165, 1.54) is 6.92 Å². The number of anilines is 1. The van der Waals surface area contributed by atoms with E-state index in [1.54, 1.807) is 24.3 Å². The Labute approximate surface area is 140 Å². The number of Topliss-reactive ketones (excluding diaryl/α,β-unsaturated/α-hetero) is 1. The molecule has 4 nitrogen and oxygen atoms in total. The molecule has 0 saturated heterocycles. The van der Waals surface area contributed by atoms with Crippen LogP contribution in [0.25, 0.3) is 0 Å². The van der Waals surface area contributed by atoms with Gasteiger partial charge in [0.2, 0.25) is 0 Å². The van der Waals surface area contributed by atoms with Gasteiger partial charge in [-0.2, -0.15) is 0 Å². The molecule has 23 heavy (non-hydrogen) atoms. The topological polar surface area (TPSA) is 62.8 Å². The number of halogens is 1. The molecule has 0 aliphatic rings. The number of nitrogens with one attached hydrogen (secondary N) is 1. The van der Waals surface area contributed by atoms with Crippen LogP contribution in [0.15, 0.2) is 48.5 Å². The van der Waals surface area contributed by atoms with Crippen molar-refractivity contribution in [2.75, 3.05) is 11.9 Å². The number of amides is 1.